The Morgan fingerprint density at radius 1 is 1.00 bits per heavy atom. The lowest BCUT2D eigenvalue weighted by Crippen LogP contribution is -2.08. The van der Waals surface area contributed by atoms with Gasteiger partial charge in [0.2, 0.25) is 0 Å². The Bertz CT molecular complexity index is 1210. The van der Waals surface area contributed by atoms with Crippen molar-refractivity contribution >= 4 is 11.0 Å². The Morgan fingerprint density at radius 3 is 2.38 bits per heavy atom. The van der Waals surface area contributed by atoms with E-state index in [9.17, 15) is 17.6 Å². The second kappa shape index (κ2) is 6.88. The van der Waals surface area contributed by atoms with Gasteiger partial charge in [0.1, 0.15) is 17.3 Å². The summed E-state index contributed by atoms with van der Waals surface area (Å²) < 4.78 is 62.4. The van der Waals surface area contributed by atoms with Gasteiger partial charge in [0.15, 0.2) is 5.65 Å². The normalized spacial score (nSPS) is 11.8. The number of rotatable bonds is 3. The van der Waals surface area contributed by atoms with Gasteiger partial charge in [0, 0.05) is 5.56 Å². The van der Waals surface area contributed by atoms with E-state index in [-0.39, 0.29) is 28.1 Å². The third kappa shape index (κ3) is 3.20. The summed E-state index contributed by atoms with van der Waals surface area (Å²) in [6.07, 6.45) is -4.65. The molecule has 0 aliphatic carbocycles. The topological polar surface area (TPSA) is 39.9 Å². The third-order valence-electron chi connectivity index (χ3n) is 4.58. The number of hydrogen-bond donors (Lipinski definition) is 0. The summed E-state index contributed by atoms with van der Waals surface area (Å²) in [5, 5.41) is 3.99. The van der Waals surface area contributed by atoms with Gasteiger partial charge < -0.3 is 4.74 Å². The summed E-state index contributed by atoms with van der Waals surface area (Å²) in [5.41, 5.74) is -0.397. The van der Waals surface area contributed by atoms with E-state index in [1.807, 2.05) is 0 Å². The minimum atomic E-state index is -4.65. The van der Waals surface area contributed by atoms with E-state index in [2.05, 4.69) is 10.1 Å². The maximum atomic E-state index is 14.4. The average molecular weight is 401 g/mol. The zero-order chi connectivity index (χ0) is 20.8. The highest BCUT2D eigenvalue weighted by Gasteiger charge is 2.36. The molecule has 0 fully saturated rings. The van der Waals surface area contributed by atoms with Crippen molar-refractivity contribution in [3.8, 4) is 22.7 Å². The van der Waals surface area contributed by atoms with Crippen molar-refractivity contribution in [2.24, 2.45) is 0 Å². The molecule has 2 aromatic carbocycles. The number of aromatic nitrogens is 3. The number of fused-ring (bicyclic) bond motifs is 1. The number of benzene rings is 2. The molecule has 0 saturated heterocycles. The molecule has 0 spiro atoms. The van der Waals surface area contributed by atoms with Crippen LogP contribution in [0.3, 0.4) is 0 Å². The predicted molar refractivity (Wildman–Crippen MR) is 101 cm³/mol. The van der Waals surface area contributed by atoms with Crippen molar-refractivity contribution in [2.75, 3.05) is 7.11 Å². The molecule has 29 heavy (non-hydrogen) atoms. The zero-order valence-corrected chi connectivity index (χ0v) is 15.5. The van der Waals surface area contributed by atoms with Gasteiger partial charge in [-0.05, 0) is 37.3 Å². The molecule has 0 saturated carbocycles. The van der Waals surface area contributed by atoms with Crippen LogP contribution in [0.4, 0.5) is 17.6 Å². The number of hydrogen-bond acceptors (Lipinski definition) is 3. The van der Waals surface area contributed by atoms with Crippen LogP contribution < -0.4 is 4.74 Å². The molecule has 0 radical (unpaired) electrons. The van der Waals surface area contributed by atoms with Gasteiger partial charge >= 0.3 is 6.18 Å². The lowest BCUT2D eigenvalue weighted by atomic mass is 10.0. The van der Waals surface area contributed by atoms with Gasteiger partial charge in [0.05, 0.1) is 29.4 Å². The van der Waals surface area contributed by atoms with Crippen LogP contribution in [0.15, 0.2) is 54.6 Å². The number of methoxy groups -OCH3 is 1. The molecule has 4 aromatic rings. The highest BCUT2D eigenvalue weighted by Crippen LogP contribution is 2.40. The Labute approximate surface area is 163 Å². The number of nitrogens with zero attached hydrogens (tertiary/aromatic N) is 3. The lowest BCUT2D eigenvalue weighted by Gasteiger charge is -2.13. The van der Waals surface area contributed by atoms with Crippen molar-refractivity contribution in [2.45, 2.75) is 13.1 Å². The maximum absolute atomic E-state index is 14.4. The van der Waals surface area contributed by atoms with Crippen LogP contribution in [-0.4, -0.2) is 21.9 Å². The monoisotopic (exact) mass is 401 g/mol. The van der Waals surface area contributed by atoms with Crippen molar-refractivity contribution in [1.82, 2.24) is 14.8 Å². The number of aryl methyl sites for hydroxylation is 1. The maximum Gasteiger partial charge on any atom is 0.417 e. The molecular weight excluding hydrogens is 386 g/mol. The zero-order valence-electron chi connectivity index (χ0n) is 15.5. The highest BCUT2D eigenvalue weighted by molar-refractivity contribution is 5.87. The van der Waals surface area contributed by atoms with Gasteiger partial charge in [-0.2, -0.15) is 18.3 Å². The number of pyridine rings is 1. The molecule has 4 rings (SSSR count). The summed E-state index contributed by atoms with van der Waals surface area (Å²) in [7, 11) is 1.43. The summed E-state index contributed by atoms with van der Waals surface area (Å²) in [6, 6.07) is 13.3. The molecule has 2 heterocycles. The van der Waals surface area contributed by atoms with Crippen LogP contribution in [0.2, 0.25) is 0 Å². The Balaban J connectivity index is 2.11. The fourth-order valence-corrected chi connectivity index (χ4v) is 3.30. The van der Waals surface area contributed by atoms with Gasteiger partial charge in [-0.25, -0.2) is 14.1 Å². The molecule has 0 atom stereocenters. The molecule has 148 valence electrons. The number of para-hydroxylation sites is 2. The van der Waals surface area contributed by atoms with E-state index in [0.717, 1.165) is 10.7 Å². The number of halogens is 4. The molecule has 8 heteroatoms. The summed E-state index contributed by atoms with van der Waals surface area (Å²) in [4.78, 5) is 4.42. The Hall–Kier alpha value is -3.42. The standard InChI is InChI=1S/C21H15F4N3O/c1-12-19-14(21(23,24)25)11-16(13-7-3-6-10-18(13)29-2)26-20(19)28(27-12)17-9-5-4-8-15(17)22/h3-11H,1-2H3. The fraction of sp³-hybridized carbons (Fsp3) is 0.143. The van der Waals surface area contributed by atoms with Crippen molar-refractivity contribution < 1.29 is 22.3 Å². The number of alkyl halides is 3. The minimum absolute atomic E-state index is 0.0170. The largest absolute Gasteiger partial charge is 0.496 e. The Morgan fingerprint density at radius 2 is 1.69 bits per heavy atom. The second-order valence-electron chi connectivity index (χ2n) is 6.40. The summed E-state index contributed by atoms with van der Waals surface area (Å²) >= 11 is 0. The molecule has 0 amide bonds. The number of ether oxygens (including phenoxy) is 1. The lowest BCUT2D eigenvalue weighted by molar-refractivity contribution is -0.136. The van der Waals surface area contributed by atoms with Crippen LogP contribution in [0.1, 0.15) is 11.3 Å². The first-order valence-electron chi connectivity index (χ1n) is 8.67. The molecule has 0 N–H and O–H groups in total. The molecule has 0 aliphatic heterocycles. The van der Waals surface area contributed by atoms with Crippen LogP contribution in [0, 0.1) is 12.7 Å². The summed E-state index contributed by atoms with van der Waals surface area (Å²) in [5.74, 6) is -0.240. The van der Waals surface area contributed by atoms with Crippen molar-refractivity contribution in [3.05, 3.63) is 71.7 Å². The van der Waals surface area contributed by atoms with E-state index in [4.69, 9.17) is 4.74 Å². The first-order chi connectivity index (χ1) is 13.8. The van der Waals surface area contributed by atoms with Crippen LogP contribution in [0.5, 0.6) is 5.75 Å². The molecule has 2 aromatic heterocycles. The molecule has 0 aliphatic rings. The van der Waals surface area contributed by atoms with E-state index < -0.39 is 17.6 Å². The summed E-state index contributed by atoms with van der Waals surface area (Å²) in [6.45, 7) is 1.44. The quantitative estimate of drug-likeness (QED) is 0.422. The van der Waals surface area contributed by atoms with Crippen molar-refractivity contribution in [1.29, 1.82) is 0 Å². The van der Waals surface area contributed by atoms with Crippen LogP contribution >= 0.6 is 0 Å². The molecular formula is C21H15F4N3O. The fourth-order valence-electron chi connectivity index (χ4n) is 3.30. The van der Waals surface area contributed by atoms with E-state index in [1.165, 1.54) is 32.2 Å². The molecule has 4 nitrogen and oxygen atoms in total. The third-order valence-corrected chi connectivity index (χ3v) is 4.58. The minimum Gasteiger partial charge on any atom is -0.496 e. The second-order valence-corrected chi connectivity index (χ2v) is 6.40. The predicted octanol–water partition coefficient (Wildman–Crippen LogP) is 5.56. The average Bonchev–Trinajstić information content (AvgIpc) is 3.03. The first kappa shape index (κ1) is 18.9. The van der Waals surface area contributed by atoms with E-state index in [1.54, 1.807) is 30.3 Å². The Kier molecular flexibility index (Phi) is 4.49. The van der Waals surface area contributed by atoms with E-state index in [0.29, 0.717) is 11.3 Å². The van der Waals surface area contributed by atoms with Crippen LogP contribution in [0.25, 0.3) is 28.0 Å². The van der Waals surface area contributed by atoms with E-state index >= 15 is 0 Å². The molecule has 0 bridgehead atoms. The molecule has 0 unspecified atom stereocenters. The van der Waals surface area contributed by atoms with Crippen molar-refractivity contribution in [3.63, 3.8) is 0 Å². The SMILES string of the molecule is COc1ccccc1-c1cc(C(F)(F)F)c2c(C)nn(-c3ccccc3F)c2n1. The highest BCUT2D eigenvalue weighted by atomic mass is 19.4. The van der Waals surface area contributed by atoms with Gasteiger partial charge in [-0.1, -0.05) is 24.3 Å². The first-order valence-corrected chi connectivity index (χ1v) is 8.67. The smallest absolute Gasteiger partial charge is 0.417 e. The van der Waals surface area contributed by atoms with Gasteiger partial charge in [0.25, 0.3) is 0 Å². The van der Waals surface area contributed by atoms with Crippen LogP contribution in [-0.2, 0) is 6.18 Å². The van der Waals surface area contributed by atoms with Gasteiger partial charge in [-0.15, -0.1) is 0 Å². The van der Waals surface area contributed by atoms with Gasteiger partial charge in [-0.3, -0.25) is 0 Å².